The molecule has 48 heavy (non-hydrogen) atoms. The Morgan fingerprint density at radius 2 is 1.19 bits per heavy atom. The maximum atomic E-state index is 5.62. The summed E-state index contributed by atoms with van der Waals surface area (Å²) in [4.78, 5) is 2.61. The third kappa shape index (κ3) is 5.57. The summed E-state index contributed by atoms with van der Waals surface area (Å²) in [6.07, 6.45) is 11.7. The Hall–Kier alpha value is -4.84. The van der Waals surface area contributed by atoms with Crippen molar-refractivity contribution in [3.63, 3.8) is 0 Å². The van der Waals surface area contributed by atoms with E-state index in [0.717, 1.165) is 71.2 Å². The fourth-order valence-electron chi connectivity index (χ4n) is 8.00. The van der Waals surface area contributed by atoms with Crippen molar-refractivity contribution in [1.29, 1.82) is 0 Å². The van der Waals surface area contributed by atoms with Gasteiger partial charge in [0.1, 0.15) is 17.0 Å². The van der Waals surface area contributed by atoms with Crippen molar-refractivity contribution in [3.05, 3.63) is 126 Å². The highest BCUT2D eigenvalue weighted by atomic mass is 15.7. The Balaban J connectivity index is 1.43. The molecule has 2 heterocycles. The monoisotopic (exact) mass is 634 g/mol. The van der Waals surface area contributed by atoms with Crippen LogP contribution in [0, 0.1) is 13.8 Å². The largest absolute Gasteiger partial charge is 0.365 e. The molecule has 6 heteroatoms. The first-order valence-corrected chi connectivity index (χ1v) is 17.9. The first-order valence-electron chi connectivity index (χ1n) is 17.9. The number of aromatic nitrogens is 2. The van der Waals surface area contributed by atoms with E-state index in [2.05, 4.69) is 143 Å². The summed E-state index contributed by atoms with van der Waals surface area (Å²) in [5.41, 5.74) is 8.62. The van der Waals surface area contributed by atoms with Gasteiger partial charge in [-0.15, -0.1) is 0 Å². The second-order valence-corrected chi connectivity index (χ2v) is 14.0. The molecule has 0 amide bonds. The van der Waals surface area contributed by atoms with Crippen LogP contribution in [-0.4, -0.2) is 27.3 Å². The minimum atomic E-state index is -0.382. The zero-order valence-electron chi connectivity index (χ0n) is 28.3. The minimum Gasteiger partial charge on any atom is -0.365 e. The number of hydrazone groups is 1. The maximum absolute atomic E-state index is 5.62. The molecule has 0 saturated heterocycles. The second kappa shape index (κ2) is 13.0. The predicted octanol–water partition coefficient (Wildman–Crippen LogP) is 10.2. The molecule has 0 radical (unpaired) electrons. The van der Waals surface area contributed by atoms with Gasteiger partial charge in [0.15, 0.2) is 11.7 Å². The number of amidine groups is 1. The van der Waals surface area contributed by atoms with E-state index in [9.17, 15) is 0 Å². The first-order chi connectivity index (χ1) is 23.6. The van der Waals surface area contributed by atoms with Crippen LogP contribution in [0.1, 0.15) is 80.9 Å². The molecule has 1 aliphatic heterocycles. The molecule has 1 N–H and O–H groups in total. The Bertz CT molecular complexity index is 1860. The lowest BCUT2D eigenvalue weighted by molar-refractivity contribution is 0.299. The molecule has 1 aromatic heterocycles. The Morgan fingerprint density at radius 3 is 1.81 bits per heavy atom. The van der Waals surface area contributed by atoms with Gasteiger partial charge in [-0.3, -0.25) is 4.90 Å². The van der Waals surface area contributed by atoms with Gasteiger partial charge in [-0.25, -0.2) is 9.69 Å². The van der Waals surface area contributed by atoms with Crippen LogP contribution in [0.5, 0.6) is 0 Å². The first kappa shape index (κ1) is 30.5. The van der Waals surface area contributed by atoms with Crippen molar-refractivity contribution in [3.8, 4) is 16.9 Å². The molecular weight excluding hydrogens is 589 g/mol. The summed E-state index contributed by atoms with van der Waals surface area (Å²) < 4.78 is 2.17. The van der Waals surface area contributed by atoms with E-state index < -0.39 is 0 Å². The summed E-state index contributed by atoms with van der Waals surface area (Å²) in [7, 11) is 0. The number of aryl methyl sites for hydroxylation is 2. The molecule has 2 aliphatic carbocycles. The van der Waals surface area contributed by atoms with E-state index in [-0.39, 0.29) is 5.66 Å². The summed E-state index contributed by atoms with van der Waals surface area (Å²) in [5.74, 6) is 2.04. The third-order valence-corrected chi connectivity index (χ3v) is 10.5. The van der Waals surface area contributed by atoms with Crippen molar-refractivity contribution in [2.75, 3.05) is 15.2 Å². The minimum absolute atomic E-state index is 0.382. The zero-order valence-corrected chi connectivity index (χ0v) is 28.3. The standard InChI is InChI=1S/C42H46N6/c1-31-21-25-33(26-22-31)38-39(41(43-35-15-7-3-8-16-35)47(44-38)36-17-9-4-10-18-36)46-40(34-27-23-32(2)24-28-34)45-48(37-19-11-5-12-20-37)42(46)29-13-6-14-30-42/h4-5,9-12,17-28,35,43H,3,6-8,13-16,29-30H2,1-2H3. The highest BCUT2D eigenvalue weighted by Gasteiger charge is 2.53. The molecule has 4 aromatic carbocycles. The molecule has 0 atom stereocenters. The zero-order chi connectivity index (χ0) is 32.5. The van der Waals surface area contributed by atoms with Crippen LogP contribution in [0.3, 0.4) is 0 Å². The average molecular weight is 635 g/mol. The van der Waals surface area contributed by atoms with E-state index in [4.69, 9.17) is 10.2 Å². The van der Waals surface area contributed by atoms with Crippen molar-refractivity contribution < 1.29 is 0 Å². The van der Waals surface area contributed by atoms with Gasteiger partial charge in [0, 0.05) is 17.2 Å². The van der Waals surface area contributed by atoms with Gasteiger partial charge >= 0.3 is 0 Å². The molecule has 3 aliphatic rings. The number of nitrogens with one attached hydrogen (secondary N) is 1. The Labute approximate surface area is 285 Å². The summed E-state index contributed by atoms with van der Waals surface area (Å²) >= 11 is 0. The molecule has 1 spiro atoms. The Morgan fingerprint density at radius 1 is 0.625 bits per heavy atom. The van der Waals surface area contributed by atoms with Crippen LogP contribution in [0.25, 0.3) is 16.9 Å². The smallest absolute Gasteiger partial charge is 0.163 e. The fourth-order valence-corrected chi connectivity index (χ4v) is 8.00. The Kier molecular flexibility index (Phi) is 8.25. The van der Waals surface area contributed by atoms with Crippen molar-refractivity contribution in [1.82, 2.24) is 9.78 Å². The van der Waals surface area contributed by atoms with Crippen LogP contribution < -0.4 is 15.2 Å². The topological polar surface area (TPSA) is 48.7 Å². The summed E-state index contributed by atoms with van der Waals surface area (Å²) in [6, 6.07) is 39.6. The van der Waals surface area contributed by atoms with E-state index >= 15 is 0 Å². The van der Waals surface area contributed by atoms with Gasteiger partial charge in [-0.05, 0) is 76.6 Å². The quantitative estimate of drug-likeness (QED) is 0.194. The van der Waals surface area contributed by atoms with E-state index in [1.165, 1.54) is 49.7 Å². The average Bonchev–Trinajstić information content (AvgIpc) is 3.65. The SMILES string of the molecule is Cc1ccc(C2=NN(c3ccccc3)C3(CCCCC3)N2c2c(-c3ccc(C)cc3)nn(-c3ccccc3)c2NC2CCCCC2)cc1. The molecule has 0 unspecified atom stereocenters. The number of benzene rings is 4. The molecular formula is C42H46N6. The number of anilines is 3. The molecule has 5 aromatic rings. The van der Waals surface area contributed by atoms with Gasteiger partial charge in [-0.2, -0.15) is 10.2 Å². The van der Waals surface area contributed by atoms with Crippen molar-refractivity contribution in [2.24, 2.45) is 5.10 Å². The van der Waals surface area contributed by atoms with Crippen molar-refractivity contribution in [2.45, 2.75) is 89.8 Å². The lowest BCUT2D eigenvalue weighted by Crippen LogP contribution is -2.57. The van der Waals surface area contributed by atoms with Crippen molar-refractivity contribution >= 4 is 23.0 Å². The summed E-state index contributed by atoms with van der Waals surface area (Å²) in [5, 5.41) is 17.7. The second-order valence-electron chi connectivity index (χ2n) is 14.0. The highest BCUT2D eigenvalue weighted by Crippen LogP contribution is 2.51. The normalized spacial score (nSPS) is 17.9. The summed E-state index contributed by atoms with van der Waals surface area (Å²) in [6.45, 7) is 4.31. The molecule has 8 rings (SSSR count). The molecule has 0 bridgehead atoms. The van der Waals surface area contributed by atoms with Crippen LogP contribution in [-0.2, 0) is 0 Å². The van der Waals surface area contributed by atoms with Crippen LogP contribution in [0.2, 0.25) is 0 Å². The third-order valence-electron chi connectivity index (χ3n) is 10.5. The predicted molar refractivity (Wildman–Crippen MR) is 199 cm³/mol. The van der Waals surface area contributed by atoms with Gasteiger partial charge in [0.25, 0.3) is 0 Å². The number of nitrogens with zero attached hydrogens (tertiary/aromatic N) is 5. The highest BCUT2D eigenvalue weighted by molar-refractivity contribution is 6.16. The van der Waals surface area contributed by atoms with Gasteiger partial charge < -0.3 is 5.32 Å². The van der Waals surface area contributed by atoms with Gasteiger partial charge in [0.05, 0.1) is 11.4 Å². The molecule has 6 nitrogen and oxygen atoms in total. The number of para-hydroxylation sites is 2. The van der Waals surface area contributed by atoms with E-state index in [1.807, 2.05) is 0 Å². The lowest BCUT2D eigenvalue weighted by Gasteiger charge is -2.47. The van der Waals surface area contributed by atoms with Crippen LogP contribution in [0.15, 0.2) is 114 Å². The molecule has 2 saturated carbocycles. The molecule has 244 valence electrons. The van der Waals surface area contributed by atoms with Crippen LogP contribution >= 0.6 is 0 Å². The number of hydrogen-bond acceptors (Lipinski definition) is 5. The number of rotatable bonds is 7. The maximum Gasteiger partial charge on any atom is 0.163 e. The van der Waals surface area contributed by atoms with Gasteiger partial charge in [0.2, 0.25) is 0 Å². The number of hydrogen-bond donors (Lipinski definition) is 1. The van der Waals surface area contributed by atoms with Gasteiger partial charge in [-0.1, -0.05) is 122 Å². The fraction of sp³-hybridized carbons (Fsp3) is 0.333. The van der Waals surface area contributed by atoms with E-state index in [0.29, 0.717) is 6.04 Å². The molecule has 2 fully saturated rings. The van der Waals surface area contributed by atoms with Crippen LogP contribution in [0.4, 0.5) is 17.2 Å². The lowest BCUT2D eigenvalue weighted by atomic mass is 9.85. The van der Waals surface area contributed by atoms with E-state index in [1.54, 1.807) is 0 Å².